The molecular weight excluding hydrogens is 188 g/mol. The van der Waals surface area contributed by atoms with E-state index in [0.29, 0.717) is 18.1 Å². The number of aliphatic hydroxyl groups is 1. The third-order valence-electron chi connectivity index (χ3n) is 3.49. The summed E-state index contributed by atoms with van der Waals surface area (Å²) in [6, 6.07) is 0. The minimum absolute atomic E-state index is 0.236. The summed E-state index contributed by atoms with van der Waals surface area (Å²) in [5, 5.41) is 9.41. The van der Waals surface area contributed by atoms with E-state index in [0.717, 1.165) is 0 Å². The summed E-state index contributed by atoms with van der Waals surface area (Å²) in [5.41, 5.74) is 0. The minimum atomic E-state index is -0.236. The second-order valence-corrected chi connectivity index (χ2v) is 4.94. The number of rotatable bonds is 8. The standard InChI is InChI=1S/C13H26O2/c1-4-5-6-7-8-9-12-13(15-12)10(2)11(3)14/h10-14H,4-9H2,1-3H3/t10-,11+,12+,13-/m1/s1. The van der Waals surface area contributed by atoms with Crippen LogP contribution >= 0.6 is 0 Å². The molecule has 0 saturated carbocycles. The zero-order valence-electron chi connectivity index (χ0n) is 10.4. The Kier molecular flexibility index (Phi) is 5.62. The molecule has 1 saturated heterocycles. The van der Waals surface area contributed by atoms with Gasteiger partial charge in [-0.15, -0.1) is 0 Å². The van der Waals surface area contributed by atoms with Crippen molar-refractivity contribution in [2.45, 2.75) is 77.6 Å². The van der Waals surface area contributed by atoms with E-state index in [-0.39, 0.29) is 6.10 Å². The molecule has 90 valence electrons. The van der Waals surface area contributed by atoms with Crippen molar-refractivity contribution in [1.29, 1.82) is 0 Å². The second-order valence-electron chi connectivity index (χ2n) is 4.94. The van der Waals surface area contributed by atoms with Crippen molar-refractivity contribution < 1.29 is 9.84 Å². The summed E-state index contributed by atoms with van der Waals surface area (Å²) in [6.45, 7) is 6.17. The van der Waals surface area contributed by atoms with Crippen LogP contribution in [0.5, 0.6) is 0 Å². The lowest BCUT2D eigenvalue weighted by Crippen LogP contribution is -2.20. The Bertz CT molecular complexity index is 168. The first-order valence-corrected chi connectivity index (χ1v) is 6.50. The van der Waals surface area contributed by atoms with Crippen LogP contribution in [0, 0.1) is 5.92 Å². The van der Waals surface area contributed by atoms with Crippen molar-refractivity contribution in [2.24, 2.45) is 5.92 Å². The molecule has 0 aromatic heterocycles. The van der Waals surface area contributed by atoms with E-state index in [1.165, 1.54) is 38.5 Å². The quantitative estimate of drug-likeness (QED) is 0.497. The van der Waals surface area contributed by atoms with E-state index < -0.39 is 0 Å². The molecule has 1 fully saturated rings. The van der Waals surface area contributed by atoms with Crippen LogP contribution in [-0.4, -0.2) is 23.4 Å². The Hall–Kier alpha value is -0.0800. The molecule has 2 nitrogen and oxygen atoms in total. The molecule has 0 radical (unpaired) electrons. The molecule has 2 heteroatoms. The lowest BCUT2D eigenvalue weighted by atomic mass is 9.98. The highest BCUT2D eigenvalue weighted by atomic mass is 16.6. The Morgan fingerprint density at radius 3 is 2.40 bits per heavy atom. The van der Waals surface area contributed by atoms with Crippen molar-refractivity contribution >= 4 is 0 Å². The van der Waals surface area contributed by atoms with Gasteiger partial charge in [-0.3, -0.25) is 0 Å². The van der Waals surface area contributed by atoms with E-state index >= 15 is 0 Å². The molecule has 0 bridgehead atoms. The van der Waals surface area contributed by atoms with Crippen LogP contribution in [-0.2, 0) is 4.74 Å². The van der Waals surface area contributed by atoms with E-state index in [1.807, 2.05) is 6.92 Å². The fourth-order valence-corrected chi connectivity index (χ4v) is 2.07. The van der Waals surface area contributed by atoms with Crippen LogP contribution in [0.1, 0.15) is 59.3 Å². The first kappa shape index (κ1) is 13.0. The van der Waals surface area contributed by atoms with Gasteiger partial charge in [0.2, 0.25) is 0 Å². The van der Waals surface area contributed by atoms with Crippen LogP contribution in [0.15, 0.2) is 0 Å². The van der Waals surface area contributed by atoms with E-state index in [1.54, 1.807) is 0 Å². The number of epoxide rings is 1. The molecule has 1 N–H and O–H groups in total. The van der Waals surface area contributed by atoms with Crippen LogP contribution in [0.4, 0.5) is 0 Å². The average molecular weight is 214 g/mol. The molecular formula is C13H26O2. The zero-order valence-corrected chi connectivity index (χ0v) is 10.4. The number of aliphatic hydroxyl groups excluding tert-OH is 1. The van der Waals surface area contributed by atoms with E-state index in [9.17, 15) is 5.11 Å². The van der Waals surface area contributed by atoms with E-state index in [4.69, 9.17) is 4.74 Å². The number of hydrogen-bond acceptors (Lipinski definition) is 2. The fraction of sp³-hybridized carbons (Fsp3) is 1.00. The smallest absolute Gasteiger partial charge is 0.0891 e. The predicted octanol–water partition coefficient (Wildman–Crippen LogP) is 3.13. The van der Waals surface area contributed by atoms with Gasteiger partial charge in [-0.05, 0) is 13.3 Å². The van der Waals surface area contributed by atoms with E-state index in [2.05, 4.69) is 13.8 Å². The third kappa shape index (κ3) is 4.52. The van der Waals surface area contributed by atoms with Crippen molar-refractivity contribution in [2.75, 3.05) is 0 Å². The summed E-state index contributed by atoms with van der Waals surface area (Å²) >= 11 is 0. The molecule has 0 aromatic rings. The molecule has 0 spiro atoms. The van der Waals surface area contributed by atoms with Crippen LogP contribution in [0.25, 0.3) is 0 Å². The first-order chi connectivity index (χ1) is 7.16. The molecule has 0 amide bonds. The lowest BCUT2D eigenvalue weighted by Gasteiger charge is -2.10. The molecule has 1 rings (SSSR count). The highest BCUT2D eigenvalue weighted by Gasteiger charge is 2.43. The van der Waals surface area contributed by atoms with Gasteiger partial charge in [-0.1, -0.05) is 46.0 Å². The average Bonchev–Trinajstić information content (AvgIpc) is 2.96. The van der Waals surface area contributed by atoms with Gasteiger partial charge in [0.25, 0.3) is 0 Å². The fourth-order valence-electron chi connectivity index (χ4n) is 2.07. The Labute approximate surface area is 94.0 Å². The minimum Gasteiger partial charge on any atom is -0.393 e. The number of hydrogen-bond donors (Lipinski definition) is 1. The monoisotopic (exact) mass is 214 g/mol. The van der Waals surface area contributed by atoms with Crippen LogP contribution in [0.3, 0.4) is 0 Å². The van der Waals surface area contributed by atoms with Gasteiger partial charge in [0.15, 0.2) is 0 Å². The molecule has 0 aliphatic carbocycles. The van der Waals surface area contributed by atoms with Crippen LogP contribution in [0.2, 0.25) is 0 Å². The normalized spacial score (nSPS) is 28.8. The largest absolute Gasteiger partial charge is 0.393 e. The highest BCUT2D eigenvalue weighted by molar-refractivity contribution is 4.90. The topological polar surface area (TPSA) is 32.8 Å². The number of unbranched alkanes of at least 4 members (excludes halogenated alkanes) is 4. The lowest BCUT2D eigenvalue weighted by molar-refractivity contribution is 0.115. The zero-order chi connectivity index (χ0) is 11.3. The number of ether oxygens (including phenoxy) is 1. The van der Waals surface area contributed by atoms with Gasteiger partial charge in [0.1, 0.15) is 0 Å². The maximum Gasteiger partial charge on any atom is 0.0891 e. The van der Waals surface area contributed by atoms with Crippen molar-refractivity contribution in [1.82, 2.24) is 0 Å². The summed E-state index contributed by atoms with van der Waals surface area (Å²) in [6.07, 6.45) is 8.37. The highest BCUT2D eigenvalue weighted by Crippen LogP contribution is 2.34. The SMILES string of the molecule is CCCCCCC[C@@H]1O[C@@H]1[C@H](C)[C@H](C)O. The maximum absolute atomic E-state index is 9.41. The second kappa shape index (κ2) is 6.49. The van der Waals surface area contributed by atoms with Crippen molar-refractivity contribution in [3.63, 3.8) is 0 Å². The molecule has 0 unspecified atom stereocenters. The summed E-state index contributed by atoms with van der Waals surface area (Å²) in [4.78, 5) is 0. The Morgan fingerprint density at radius 2 is 1.80 bits per heavy atom. The molecule has 1 aliphatic heterocycles. The Balaban J connectivity index is 1.97. The molecule has 15 heavy (non-hydrogen) atoms. The van der Waals surface area contributed by atoms with Gasteiger partial charge < -0.3 is 9.84 Å². The third-order valence-corrected chi connectivity index (χ3v) is 3.49. The Morgan fingerprint density at radius 1 is 1.13 bits per heavy atom. The van der Waals surface area contributed by atoms with Crippen molar-refractivity contribution in [3.05, 3.63) is 0 Å². The van der Waals surface area contributed by atoms with Gasteiger partial charge in [-0.2, -0.15) is 0 Å². The van der Waals surface area contributed by atoms with Gasteiger partial charge >= 0.3 is 0 Å². The first-order valence-electron chi connectivity index (χ1n) is 6.50. The summed E-state index contributed by atoms with van der Waals surface area (Å²) in [7, 11) is 0. The summed E-state index contributed by atoms with van der Waals surface area (Å²) in [5.74, 6) is 0.297. The molecule has 4 atom stereocenters. The van der Waals surface area contributed by atoms with Gasteiger partial charge in [-0.25, -0.2) is 0 Å². The van der Waals surface area contributed by atoms with Crippen LogP contribution < -0.4 is 0 Å². The molecule has 1 heterocycles. The van der Waals surface area contributed by atoms with Crippen molar-refractivity contribution in [3.8, 4) is 0 Å². The summed E-state index contributed by atoms with van der Waals surface area (Å²) < 4.78 is 5.59. The maximum atomic E-state index is 9.41. The molecule has 1 aliphatic rings. The predicted molar refractivity (Wildman–Crippen MR) is 62.9 cm³/mol. The van der Waals surface area contributed by atoms with Gasteiger partial charge in [0.05, 0.1) is 18.3 Å². The molecule has 0 aromatic carbocycles. The van der Waals surface area contributed by atoms with Gasteiger partial charge in [0, 0.05) is 5.92 Å².